The van der Waals surface area contributed by atoms with Crippen molar-refractivity contribution in [2.75, 3.05) is 0 Å². The minimum Gasteiger partial charge on any atom is -0.480 e. The highest BCUT2D eigenvalue weighted by Gasteiger charge is 2.14. The Morgan fingerprint density at radius 2 is 2.31 bits per heavy atom. The molecule has 2 atom stereocenters. The van der Waals surface area contributed by atoms with Crippen molar-refractivity contribution < 1.29 is 9.90 Å². The summed E-state index contributed by atoms with van der Waals surface area (Å²) in [5.41, 5.74) is 1.14. The van der Waals surface area contributed by atoms with Crippen LogP contribution in [0.1, 0.15) is 25.5 Å². The summed E-state index contributed by atoms with van der Waals surface area (Å²) in [4.78, 5) is 10.5. The van der Waals surface area contributed by atoms with E-state index >= 15 is 0 Å². The van der Waals surface area contributed by atoms with Crippen LogP contribution in [0, 0.1) is 0 Å². The van der Waals surface area contributed by atoms with Crippen LogP contribution in [-0.2, 0) is 4.79 Å². The highest BCUT2D eigenvalue weighted by Crippen LogP contribution is 2.15. The Morgan fingerprint density at radius 3 is 2.77 bits per heavy atom. The van der Waals surface area contributed by atoms with E-state index < -0.39 is 12.0 Å². The lowest BCUT2D eigenvalue weighted by molar-refractivity contribution is -0.139. The summed E-state index contributed by atoms with van der Waals surface area (Å²) in [5.74, 6) is -0.818. The van der Waals surface area contributed by atoms with E-state index in [9.17, 15) is 4.79 Å². The predicted molar refractivity (Wildman–Crippen MR) is 53.0 cm³/mol. The molecule has 1 aromatic heterocycles. The fraction of sp³-hybridized carbons (Fsp3) is 0.444. The van der Waals surface area contributed by atoms with Gasteiger partial charge in [-0.05, 0) is 36.2 Å². The summed E-state index contributed by atoms with van der Waals surface area (Å²) < 4.78 is 0. The van der Waals surface area contributed by atoms with Crippen LogP contribution in [0.15, 0.2) is 16.8 Å². The number of rotatable bonds is 4. The van der Waals surface area contributed by atoms with Crippen molar-refractivity contribution in [2.24, 2.45) is 0 Å². The van der Waals surface area contributed by atoms with Crippen molar-refractivity contribution in [2.45, 2.75) is 25.9 Å². The number of thiophene rings is 1. The van der Waals surface area contributed by atoms with Gasteiger partial charge in [0.1, 0.15) is 6.04 Å². The standard InChI is InChI=1S/C9H13NO2S/c1-6(8-3-4-13-5-8)10-7(2)9(11)12/h3-7,10H,1-2H3,(H,11,12). The van der Waals surface area contributed by atoms with Crippen LogP contribution >= 0.6 is 11.3 Å². The summed E-state index contributed by atoms with van der Waals surface area (Å²) in [6, 6.07) is 1.59. The Hall–Kier alpha value is -0.870. The first kappa shape index (κ1) is 10.2. The first-order valence-corrected chi connectivity index (χ1v) is 5.06. The van der Waals surface area contributed by atoms with E-state index in [-0.39, 0.29) is 6.04 Å². The molecule has 0 aliphatic rings. The number of carboxylic acids is 1. The zero-order chi connectivity index (χ0) is 9.84. The number of nitrogens with one attached hydrogen (secondary N) is 1. The van der Waals surface area contributed by atoms with E-state index in [1.165, 1.54) is 0 Å². The molecule has 0 aromatic carbocycles. The molecule has 0 saturated heterocycles. The van der Waals surface area contributed by atoms with Gasteiger partial charge in [-0.2, -0.15) is 11.3 Å². The monoisotopic (exact) mass is 199 g/mol. The molecule has 0 aliphatic heterocycles. The van der Waals surface area contributed by atoms with E-state index in [0.717, 1.165) is 5.56 Å². The lowest BCUT2D eigenvalue weighted by Crippen LogP contribution is -2.35. The largest absolute Gasteiger partial charge is 0.480 e. The third-order valence-electron chi connectivity index (χ3n) is 1.91. The minimum atomic E-state index is -0.818. The fourth-order valence-corrected chi connectivity index (χ4v) is 1.82. The number of hydrogen-bond acceptors (Lipinski definition) is 3. The van der Waals surface area contributed by atoms with Gasteiger partial charge in [0.15, 0.2) is 0 Å². The number of carboxylic acid groups (broad SMARTS) is 1. The van der Waals surface area contributed by atoms with Crippen molar-refractivity contribution in [1.29, 1.82) is 0 Å². The fourth-order valence-electron chi connectivity index (χ4n) is 1.06. The van der Waals surface area contributed by atoms with Gasteiger partial charge in [-0.3, -0.25) is 10.1 Å². The summed E-state index contributed by atoms with van der Waals surface area (Å²) in [5, 5.41) is 15.7. The molecule has 72 valence electrons. The van der Waals surface area contributed by atoms with Gasteiger partial charge in [0.2, 0.25) is 0 Å². The zero-order valence-corrected chi connectivity index (χ0v) is 8.47. The summed E-state index contributed by atoms with van der Waals surface area (Å²) in [6.07, 6.45) is 0. The smallest absolute Gasteiger partial charge is 0.320 e. The lowest BCUT2D eigenvalue weighted by Gasteiger charge is -2.15. The lowest BCUT2D eigenvalue weighted by atomic mass is 10.1. The topological polar surface area (TPSA) is 49.3 Å². The predicted octanol–water partition coefficient (Wildman–Crippen LogP) is 1.87. The van der Waals surface area contributed by atoms with Gasteiger partial charge in [0, 0.05) is 6.04 Å². The molecule has 4 heteroatoms. The van der Waals surface area contributed by atoms with Gasteiger partial charge in [-0.15, -0.1) is 0 Å². The van der Waals surface area contributed by atoms with Crippen molar-refractivity contribution in [3.63, 3.8) is 0 Å². The number of carbonyl (C=O) groups is 1. The molecule has 1 aromatic rings. The first-order valence-electron chi connectivity index (χ1n) is 4.12. The maximum Gasteiger partial charge on any atom is 0.320 e. The van der Waals surface area contributed by atoms with E-state index in [0.29, 0.717) is 0 Å². The molecule has 0 saturated carbocycles. The van der Waals surface area contributed by atoms with Crippen LogP contribution in [0.25, 0.3) is 0 Å². The van der Waals surface area contributed by atoms with Crippen molar-refractivity contribution in [3.8, 4) is 0 Å². The Kier molecular flexibility index (Phi) is 3.45. The highest BCUT2D eigenvalue weighted by molar-refractivity contribution is 7.07. The summed E-state index contributed by atoms with van der Waals surface area (Å²) in [7, 11) is 0. The zero-order valence-electron chi connectivity index (χ0n) is 7.65. The molecule has 0 bridgehead atoms. The van der Waals surface area contributed by atoms with Crippen molar-refractivity contribution in [3.05, 3.63) is 22.4 Å². The molecule has 1 rings (SSSR count). The second-order valence-electron chi connectivity index (χ2n) is 3.00. The number of hydrogen-bond donors (Lipinski definition) is 2. The van der Waals surface area contributed by atoms with Gasteiger partial charge in [0.25, 0.3) is 0 Å². The maximum atomic E-state index is 10.5. The second kappa shape index (κ2) is 4.39. The average molecular weight is 199 g/mol. The molecule has 0 fully saturated rings. The van der Waals surface area contributed by atoms with Crippen LogP contribution in [0.5, 0.6) is 0 Å². The third-order valence-corrected chi connectivity index (χ3v) is 2.62. The molecule has 0 amide bonds. The molecule has 2 N–H and O–H groups in total. The minimum absolute atomic E-state index is 0.0948. The van der Waals surface area contributed by atoms with E-state index in [2.05, 4.69) is 5.32 Å². The van der Waals surface area contributed by atoms with E-state index in [4.69, 9.17) is 5.11 Å². The Labute approximate surface area is 81.4 Å². The summed E-state index contributed by atoms with van der Waals surface area (Å²) >= 11 is 1.62. The second-order valence-corrected chi connectivity index (χ2v) is 3.78. The third kappa shape index (κ3) is 2.82. The first-order chi connectivity index (χ1) is 6.11. The van der Waals surface area contributed by atoms with Gasteiger partial charge in [-0.1, -0.05) is 0 Å². The highest BCUT2D eigenvalue weighted by atomic mass is 32.1. The Bertz CT molecular complexity index is 271. The van der Waals surface area contributed by atoms with Gasteiger partial charge < -0.3 is 5.11 Å². The Morgan fingerprint density at radius 1 is 1.62 bits per heavy atom. The molecule has 3 nitrogen and oxygen atoms in total. The SMILES string of the molecule is CC(NC(C)c1ccsc1)C(=O)O. The molecule has 1 heterocycles. The van der Waals surface area contributed by atoms with Crippen LogP contribution in [0.4, 0.5) is 0 Å². The van der Waals surface area contributed by atoms with E-state index in [1.54, 1.807) is 18.3 Å². The van der Waals surface area contributed by atoms with Gasteiger partial charge in [-0.25, -0.2) is 0 Å². The molecular formula is C9H13NO2S. The quantitative estimate of drug-likeness (QED) is 0.778. The van der Waals surface area contributed by atoms with Gasteiger partial charge in [0.05, 0.1) is 0 Å². The van der Waals surface area contributed by atoms with Crippen molar-refractivity contribution in [1.82, 2.24) is 5.32 Å². The van der Waals surface area contributed by atoms with Crippen LogP contribution in [-0.4, -0.2) is 17.1 Å². The summed E-state index contributed by atoms with van der Waals surface area (Å²) in [6.45, 7) is 3.60. The number of aliphatic carboxylic acids is 1. The van der Waals surface area contributed by atoms with Crippen LogP contribution in [0.3, 0.4) is 0 Å². The van der Waals surface area contributed by atoms with E-state index in [1.807, 2.05) is 23.8 Å². The normalized spacial score (nSPS) is 15.2. The molecular weight excluding hydrogens is 186 g/mol. The van der Waals surface area contributed by atoms with Gasteiger partial charge >= 0.3 is 5.97 Å². The Balaban J connectivity index is 2.51. The van der Waals surface area contributed by atoms with Crippen LogP contribution < -0.4 is 5.32 Å². The average Bonchev–Trinajstić information content (AvgIpc) is 2.55. The molecule has 0 spiro atoms. The maximum absolute atomic E-state index is 10.5. The van der Waals surface area contributed by atoms with Crippen LogP contribution in [0.2, 0.25) is 0 Å². The molecule has 2 unspecified atom stereocenters. The molecule has 0 radical (unpaired) electrons. The molecule has 0 aliphatic carbocycles. The molecule has 13 heavy (non-hydrogen) atoms. The van der Waals surface area contributed by atoms with Crippen molar-refractivity contribution >= 4 is 17.3 Å².